The summed E-state index contributed by atoms with van der Waals surface area (Å²) in [7, 11) is 0. The highest BCUT2D eigenvalue weighted by atomic mass is 35.5. The molecule has 0 unspecified atom stereocenters. The van der Waals surface area contributed by atoms with E-state index in [0.29, 0.717) is 10.1 Å². The number of nitrogens with zero attached hydrogens (tertiary/aromatic N) is 2. The van der Waals surface area contributed by atoms with Crippen molar-refractivity contribution < 1.29 is 4.79 Å². The van der Waals surface area contributed by atoms with E-state index in [4.69, 9.17) is 11.6 Å². The molecular formula is C27H22ClN3OS. The van der Waals surface area contributed by atoms with E-state index in [0.717, 1.165) is 39.4 Å². The first-order valence-corrected chi connectivity index (χ1v) is 11.9. The Morgan fingerprint density at radius 1 is 1.00 bits per heavy atom. The molecule has 6 heteroatoms. The first-order chi connectivity index (χ1) is 16.0. The van der Waals surface area contributed by atoms with Crippen LogP contribution >= 0.6 is 23.4 Å². The molecule has 4 nitrogen and oxygen atoms in total. The summed E-state index contributed by atoms with van der Waals surface area (Å²) >= 11 is 7.43. The molecule has 0 saturated carbocycles. The summed E-state index contributed by atoms with van der Waals surface area (Å²) in [6.07, 6.45) is 1.98. The van der Waals surface area contributed by atoms with Crippen molar-refractivity contribution in [2.45, 2.75) is 20.4 Å². The molecule has 1 saturated heterocycles. The Bertz CT molecular complexity index is 1420. The van der Waals surface area contributed by atoms with Crippen molar-refractivity contribution in [1.82, 2.24) is 9.88 Å². The van der Waals surface area contributed by atoms with E-state index < -0.39 is 0 Å². The van der Waals surface area contributed by atoms with Gasteiger partial charge < -0.3 is 9.88 Å². The van der Waals surface area contributed by atoms with Crippen molar-refractivity contribution in [3.8, 4) is 0 Å². The molecule has 0 bridgehead atoms. The molecule has 33 heavy (non-hydrogen) atoms. The fraction of sp³-hybridized carbons (Fsp3) is 0.111. The number of halogens is 1. The smallest absolute Gasteiger partial charge is 0.264 e. The topological polar surface area (TPSA) is 46.4 Å². The molecule has 0 atom stereocenters. The Balaban J connectivity index is 1.51. The molecule has 164 valence electrons. The molecule has 2 heterocycles. The summed E-state index contributed by atoms with van der Waals surface area (Å²) in [5, 5.41) is 5.33. The minimum absolute atomic E-state index is 0.125. The lowest BCUT2D eigenvalue weighted by Crippen LogP contribution is -2.19. The van der Waals surface area contributed by atoms with Gasteiger partial charge in [-0.15, -0.1) is 0 Å². The fourth-order valence-electron chi connectivity index (χ4n) is 3.96. The summed E-state index contributed by atoms with van der Waals surface area (Å²) in [4.78, 5) is 17.9. The van der Waals surface area contributed by atoms with Crippen molar-refractivity contribution >= 4 is 57.1 Å². The molecule has 1 fully saturated rings. The lowest BCUT2D eigenvalue weighted by Gasteiger charge is -2.09. The minimum Gasteiger partial charge on any atom is -0.340 e. The van der Waals surface area contributed by atoms with Gasteiger partial charge in [-0.1, -0.05) is 59.6 Å². The van der Waals surface area contributed by atoms with Gasteiger partial charge in [0.1, 0.15) is 0 Å². The van der Waals surface area contributed by atoms with E-state index in [1.807, 2.05) is 73.7 Å². The zero-order valence-corrected chi connectivity index (χ0v) is 19.9. The highest BCUT2D eigenvalue weighted by Gasteiger charge is 2.25. The number of para-hydroxylation sites is 1. The number of amides is 1. The zero-order chi connectivity index (χ0) is 22.9. The molecule has 1 N–H and O–H groups in total. The highest BCUT2D eigenvalue weighted by Crippen LogP contribution is 2.33. The molecule has 0 spiro atoms. The molecule has 0 radical (unpaired) electrons. The summed E-state index contributed by atoms with van der Waals surface area (Å²) < 4.78 is 2.28. The summed E-state index contributed by atoms with van der Waals surface area (Å²) in [6, 6.07) is 24.1. The van der Waals surface area contributed by atoms with Crippen molar-refractivity contribution in [2.24, 2.45) is 4.99 Å². The lowest BCUT2D eigenvalue weighted by molar-refractivity contribution is -0.115. The Labute approximate surface area is 202 Å². The van der Waals surface area contributed by atoms with E-state index in [1.54, 1.807) is 0 Å². The normalized spacial score (nSPS) is 16.2. The van der Waals surface area contributed by atoms with E-state index in [-0.39, 0.29) is 5.91 Å². The number of hydrogen-bond donors (Lipinski definition) is 1. The monoisotopic (exact) mass is 471 g/mol. The predicted molar refractivity (Wildman–Crippen MR) is 139 cm³/mol. The standard InChI is InChI=1S/C27H22ClN3OS/c1-17-7-13-21(14-8-17)29-27-30-26(32)25(33-27)15-23-18(2)31(24-6-4-3-5-22(23)24)16-19-9-11-20(28)12-10-19/h3-15H,16H2,1-2H3,(H,29,30,32). The first-order valence-electron chi connectivity index (χ1n) is 10.7. The van der Waals surface area contributed by atoms with Gasteiger partial charge in [0.25, 0.3) is 5.91 Å². The fourth-order valence-corrected chi connectivity index (χ4v) is 4.91. The van der Waals surface area contributed by atoms with Crippen molar-refractivity contribution in [3.63, 3.8) is 0 Å². The molecule has 0 aliphatic carbocycles. The van der Waals surface area contributed by atoms with E-state index >= 15 is 0 Å². The van der Waals surface area contributed by atoms with E-state index in [1.165, 1.54) is 22.9 Å². The molecule has 1 aliphatic heterocycles. The van der Waals surface area contributed by atoms with Gasteiger partial charge in [-0.25, -0.2) is 4.99 Å². The number of nitrogens with one attached hydrogen (secondary N) is 1. The van der Waals surface area contributed by atoms with Crippen LogP contribution in [0.15, 0.2) is 82.7 Å². The van der Waals surface area contributed by atoms with Crippen LogP contribution in [0, 0.1) is 13.8 Å². The Morgan fingerprint density at radius 3 is 2.48 bits per heavy atom. The third-order valence-corrected chi connectivity index (χ3v) is 6.89. The molecule has 3 aromatic carbocycles. The number of hydrogen-bond acceptors (Lipinski definition) is 3. The number of thioether (sulfide) groups is 1. The Hall–Kier alpha value is -3.28. The predicted octanol–water partition coefficient (Wildman–Crippen LogP) is 6.85. The van der Waals surface area contributed by atoms with Gasteiger partial charge in [0.15, 0.2) is 5.17 Å². The number of carbonyl (C=O) groups excluding carboxylic acids is 1. The molecular weight excluding hydrogens is 450 g/mol. The number of aromatic nitrogens is 1. The van der Waals surface area contributed by atoms with Gasteiger partial charge in [0.05, 0.1) is 10.6 Å². The van der Waals surface area contributed by atoms with Gasteiger partial charge in [0.2, 0.25) is 0 Å². The van der Waals surface area contributed by atoms with E-state index in [2.05, 4.69) is 33.9 Å². The third-order valence-electron chi connectivity index (χ3n) is 5.72. The molecule has 5 rings (SSSR count). The number of benzene rings is 3. The summed E-state index contributed by atoms with van der Waals surface area (Å²) in [6.45, 7) is 4.86. The summed E-state index contributed by atoms with van der Waals surface area (Å²) in [5.41, 5.74) is 6.45. The average molecular weight is 472 g/mol. The minimum atomic E-state index is -0.125. The van der Waals surface area contributed by atoms with Crippen LogP contribution in [0.2, 0.25) is 5.02 Å². The van der Waals surface area contributed by atoms with Crippen LogP contribution < -0.4 is 5.32 Å². The van der Waals surface area contributed by atoms with Crippen molar-refractivity contribution in [3.05, 3.63) is 105 Å². The number of rotatable bonds is 4. The lowest BCUT2D eigenvalue weighted by atomic mass is 10.1. The first kappa shape index (κ1) is 21.6. The number of amidine groups is 1. The van der Waals surface area contributed by atoms with Gasteiger partial charge >= 0.3 is 0 Å². The molecule has 4 aromatic rings. The average Bonchev–Trinajstić information content (AvgIpc) is 3.29. The second-order valence-corrected chi connectivity index (χ2v) is 9.51. The number of fused-ring (bicyclic) bond motifs is 1. The number of aliphatic imine (C=N–C) groups is 1. The Morgan fingerprint density at radius 2 is 1.73 bits per heavy atom. The van der Waals surface area contributed by atoms with Gasteiger partial charge in [-0.05, 0) is 67.6 Å². The van der Waals surface area contributed by atoms with Crippen LogP contribution in [0.25, 0.3) is 17.0 Å². The van der Waals surface area contributed by atoms with Crippen LogP contribution in [0.3, 0.4) is 0 Å². The zero-order valence-electron chi connectivity index (χ0n) is 18.3. The maximum atomic E-state index is 12.7. The molecule has 1 amide bonds. The maximum absolute atomic E-state index is 12.7. The largest absolute Gasteiger partial charge is 0.340 e. The van der Waals surface area contributed by atoms with Crippen LogP contribution in [0.5, 0.6) is 0 Å². The Kier molecular flexibility index (Phi) is 5.83. The van der Waals surface area contributed by atoms with Crippen LogP contribution in [0.4, 0.5) is 5.69 Å². The number of carbonyl (C=O) groups is 1. The summed E-state index contributed by atoms with van der Waals surface area (Å²) in [5.74, 6) is -0.125. The quantitative estimate of drug-likeness (QED) is 0.331. The molecule has 1 aliphatic rings. The maximum Gasteiger partial charge on any atom is 0.264 e. The second kappa shape index (κ2) is 8.93. The third kappa shape index (κ3) is 4.47. The van der Waals surface area contributed by atoms with Gasteiger partial charge in [0, 0.05) is 33.7 Å². The second-order valence-electron chi connectivity index (χ2n) is 8.05. The van der Waals surface area contributed by atoms with Gasteiger partial charge in [-0.2, -0.15) is 0 Å². The number of aryl methyl sites for hydroxylation is 1. The van der Waals surface area contributed by atoms with Crippen molar-refractivity contribution in [1.29, 1.82) is 0 Å². The van der Waals surface area contributed by atoms with Crippen LogP contribution in [0.1, 0.15) is 22.4 Å². The van der Waals surface area contributed by atoms with Crippen molar-refractivity contribution in [2.75, 3.05) is 0 Å². The van der Waals surface area contributed by atoms with Crippen LogP contribution in [-0.2, 0) is 11.3 Å². The molecule has 1 aromatic heterocycles. The highest BCUT2D eigenvalue weighted by molar-refractivity contribution is 8.18. The van der Waals surface area contributed by atoms with Gasteiger partial charge in [-0.3, -0.25) is 4.79 Å². The van der Waals surface area contributed by atoms with E-state index in [9.17, 15) is 4.79 Å². The van der Waals surface area contributed by atoms with Crippen LogP contribution in [-0.4, -0.2) is 15.6 Å². The SMILES string of the molecule is Cc1ccc(N=C2NC(=O)C(=Cc3c(C)n(Cc4ccc(Cl)cc4)c4ccccc34)S2)cc1.